The molecule has 0 amide bonds. The third-order valence-corrected chi connectivity index (χ3v) is 9.46. The Morgan fingerprint density at radius 1 is 0.545 bits per heavy atom. The van der Waals surface area contributed by atoms with Crippen LogP contribution in [0.2, 0.25) is 0 Å². The van der Waals surface area contributed by atoms with Crippen molar-refractivity contribution in [1.29, 1.82) is 0 Å². The average molecular weight is 768 g/mol. The molecule has 0 atom stereocenters. The van der Waals surface area contributed by atoms with Gasteiger partial charge in [-0.1, -0.05) is 152 Å². The van der Waals surface area contributed by atoms with E-state index in [1.807, 2.05) is 12.2 Å². The van der Waals surface area contributed by atoms with Gasteiger partial charge >= 0.3 is 18.1 Å². The molecule has 0 aliphatic heterocycles. The van der Waals surface area contributed by atoms with Crippen molar-refractivity contribution >= 4 is 35.6 Å². The van der Waals surface area contributed by atoms with E-state index in [0.717, 1.165) is 70.0 Å². The van der Waals surface area contributed by atoms with Gasteiger partial charge in [0.25, 0.3) is 5.78 Å². The summed E-state index contributed by atoms with van der Waals surface area (Å²) in [5.74, 6) is -2.45. The molecule has 0 aliphatic carbocycles. The number of hydrogen-bond donors (Lipinski definition) is 0. The van der Waals surface area contributed by atoms with Gasteiger partial charge in [-0.05, 0) is 62.8 Å². The monoisotopic (exact) mass is 767 g/mol. The van der Waals surface area contributed by atoms with Gasteiger partial charge < -0.3 is 14.4 Å². The number of hydrogen-bond acceptors (Lipinski definition) is 6. The van der Waals surface area contributed by atoms with Crippen LogP contribution < -0.4 is 4.90 Å². The summed E-state index contributed by atoms with van der Waals surface area (Å²) in [6.45, 7) is 13.5. The number of esters is 2. The van der Waals surface area contributed by atoms with Crippen molar-refractivity contribution in [2.75, 3.05) is 31.2 Å². The zero-order chi connectivity index (χ0) is 40.3. The first-order chi connectivity index (χ1) is 26.4. The number of ether oxygens (including phenoxy) is 2. The molecule has 55 heavy (non-hydrogen) atoms. The van der Waals surface area contributed by atoms with E-state index in [1.165, 1.54) is 94.2 Å². The highest BCUT2D eigenvalue weighted by atomic mass is 19.4. The molecule has 6 nitrogen and oxygen atoms in total. The highest BCUT2D eigenvalue weighted by molar-refractivity contribution is 6.00. The second-order valence-electron chi connectivity index (χ2n) is 14.6. The number of rotatable bonds is 30. The van der Waals surface area contributed by atoms with Crippen LogP contribution in [-0.2, 0) is 19.1 Å². The summed E-state index contributed by atoms with van der Waals surface area (Å²) in [5, 5.41) is 0. The maximum Gasteiger partial charge on any atom is 0.454 e. The Hall–Kier alpha value is -4.14. The van der Waals surface area contributed by atoms with Gasteiger partial charge in [-0.15, -0.1) is 0 Å². The molecule has 0 spiro atoms. The Balaban J connectivity index is 1.77. The van der Waals surface area contributed by atoms with E-state index < -0.39 is 12.0 Å². The normalized spacial score (nSPS) is 11.4. The minimum absolute atomic E-state index is 0.308. The third kappa shape index (κ3) is 21.5. The van der Waals surface area contributed by atoms with E-state index in [-0.39, 0.29) is 17.5 Å². The van der Waals surface area contributed by atoms with E-state index in [1.54, 1.807) is 13.8 Å². The molecule has 0 bridgehead atoms. The van der Waals surface area contributed by atoms with Gasteiger partial charge in [0.05, 0.1) is 13.2 Å². The lowest BCUT2D eigenvalue weighted by molar-refractivity contribution is -0.139. The Bertz CT molecular complexity index is 1410. The van der Waals surface area contributed by atoms with Gasteiger partial charge in [0.2, 0.25) is 0 Å². The highest BCUT2D eigenvalue weighted by Crippen LogP contribution is 2.23. The molecule has 2 aromatic rings. The number of carbonyl (C=O) groups excluding carboxylic acids is 3. The molecule has 2 rings (SSSR count). The van der Waals surface area contributed by atoms with Crippen molar-refractivity contribution < 1.29 is 37.0 Å². The van der Waals surface area contributed by atoms with Crippen molar-refractivity contribution in [1.82, 2.24) is 0 Å². The van der Waals surface area contributed by atoms with Crippen LogP contribution in [0.25, 0.3) is 12.2 Å². The Morgan fingerprint density at radius 2 is 0.873 bits per heavy atom. The highest BCUT2D eigenvalue weighted by Gasteiger charge is 2.39. The van der Waals surface area contributed by atoms with Crippen LogP contribution in [0.5, 0.6) is 0 Å². The summed E-state index contributed by atoms with van der Waals surface area (Å²) in [7, 11) is 0. The summed E-state index contributed by atoms with van der Waals surface area (Å²) in [6, 6.07) is 13.9. The molecular formula is C46H64F3NO5. The number of benzene rings is 2. The van der Waals surface area contributed by atoms with Gasteiger partial charge in [0.15, 0.2) is 0 Å². The number of unbranched alkanes of at least 4 members (excludes halogenated alkanes) is 16. The summed E-state index contributed by atoms with van der Waals surface area (Å²) in [5.41, 5.74) is 3.41. The largest absolute Gasteiger partial charge is 0.462 e. The zero-order valence-electron chi connectivity index (χ0n) is 33.4. The zero-order valence-corrected chi connectivity index (χ0v) is 33.4. The van der Waals surface area contributed by atoms with Crippen molar-refractivity contribution in [3.05, 3.63) is 89.5 Å². The minimum atomic E-state index is -4.88. The Kier molecular flexibility index (Phi) is 23.5. The maximum atomic E-state index is 12.7. The predicted octanol–water partition coefficient (Wildman–Crippen LogP) is 12.7. The van der Waals surface area contributed by atoms with Crippen LogP contribution in [0.1, 0.15) is 151 Å². The molecule has 0 aromatic heterocycles. The quantitative estimate of drug-likeness (QED) is 0.0259. The molecule has 0 heterocycles. The first kappa shape index (κ1) is 47.0. The fraction of sp³-hybridized carbons (Fsp3) is 0.543. The average Bonchev–Trinajstić information content (AvgIpc) is 3.16. The molecular weight excluding hydrogens is 704 g/mol. The molecule has 0 aliphatic rings. The first-order valence-corrected chi connectivity index (χ1v) is 20.3. The van der Waals surface area contributed by atoms with Gasteiger partial charge in [-0.3, -0.25) is 4.79 Å². The molecule has 0 unspecified atom stereocenters. The number of Topliss-reactive ketones (excluding diaryl/α,β-unsaturated/α-hetero) is 1. The van der Waals surface area contributed by atoms with Crippen LogP contribution in [0.4, 0.5) is 18.9 Å². The molecule has 0 saturated carbocycles. The fourth-order valence-electron chi connectivity index (χ4n) is 6.13. The molecule has 304 valence electrons. The van der Waals surface area contributed by atoms with Gasteiger partial charge in [0, 0.05) is 35.5 Å². The first-order valence-electron chi connectivity index (χ1n) is 20.3. The van der Waals surface area contributed by atoms with E-state index in [0.29, 0.717) is 29.9 Å². The van der Waals surface area contributed by atoms with E-state index in [9.17, 15) is 27.6 Å². The smallest absolute Gasteiger partial charge is 0.454 e. The SMILES string of the molecule is C=C(C)C(=O)OCCCCCCCCCCCN(CCCCCCCCCCCOC(=O)C(=C)C)c1ccc(C=Cc2ccc(C(=O)C(F)(F)F)cc2)cc1. The third-order valence-electron chi connectivity index (χ3n) is 9.46. The molecule has 9 heteroatoms. The minimum Gasteiger partial charge on any atom is -0.462 e. The lowest BCUT2D eigenvalue weighted by Crippen LogP contribution is -2.25. The predicted molar refractivity (Wildman–Crippen MR) is 219 cm³/mol. The number of nitrogens with zero attached hydrogens (tertiary/aromatic N) is 1. The lowest BCUT2D eigenvalue weighted by Gasteiger charge is -2.25. The van der Waals surface area contributed by atoms with Crippen molar-refractivity contribution in [3.63, 3.8) is 0 Å². The van der Waals surface area contributed by atoms with Crippen molar-refractivity contribution in [3.8, 4) is 0 Å². The number of ketones is 1. The van der Waals surface area contributed by atoms with Crippen LogP contribution >= 0.6 is 0 Å². The van der Waals surface area contributed by atoms with E-state index in [2.05, 4.69) is 42.3 Å². The second kappa shape index (κ2) is 27.4. The van der Waals surface area contributed by atoms with Crippen LogP contribution in [-0.4, -0.2) is 50.2 Å². The van der Waals surface area contributed by atoms with Crippen molar-refractivity contribution in [2.24, 2.45) is 0 Å². The van der Waals surface area contributed by atoms with Crippen LogP contribution in [0, 0.1) is 0 Å². The molecule has 0 radical (unpaired) electrons. The van der Waals surface area contributed by atoms with Crippen molar-refractivity contribution in [2.45, 2.75) is 136 Å². The lowest BCUT2D eigenvalue weighted by atomic mass is 10.1. The number of anilines is 1. The Morgan fingerprint density at radius 3 is 1.22 bits per heavy atom. The summed E-state index contributed by atoms with van der Waals surface area (Å²) in [4.78, 5) is 36.9. The summed E-state index contributed by atoms with van der Waals surface area (Å²) in [6.07, 6.45) is 19.6. The van der Waals surface area contributed by atoms with Gasteiger partial charge in [-0.25, -0.2) is 9.59 Å². The van der Waals surface area contributed by atoms with Crippen LogP contribution in [0.3, 0.4) is 0 Å². The summed E-state index contributed by atoms with van der Waals surface area (Å²) < 4.78 is 48.5. The summed E-state index contributed by atoms with van der Waals surface area (Å²) >= 11 is 0. The topological polar surface area (TPSA) is 72.9 Å². The number of halogens is 3. The van der Waals surface area contributed by atoms with E-state index >= 15 is 0 Å². The number of carbonyl (C=O) groups is 3. The molecule has 0 saturated heterocycles. The maximum absolute atomic E-state index is 12.7. The standard InChI is InChI=1S/C46H64F3NO5/c1-37(2)44(52)54-35-21-17-13-9-5-7-11-15-19-33-50(34-20-16-12-8-6-10-14-18-22-36-55-45(53)38(3)4)42-31-27-40(28-32-42)24-23-39-25-29-41(30-26-39)43(51)46(47,48)49/h23-32H,1,3,5-22,33-36H2,2,4H3. The van der Waals surface area contributed by atoms with Crippen LogP contribution in [0.15, 0.2) is 72.8 Å². The molecule has 2 aromatic carbocycles. The molecule has 0 fully saturated rings. The van der Waals surface area contributed by atoms with E-state index in [4.69, 9.17) is 9.47 Å². The van der Waals surface area contributed by atoms with Gasteiger partial charge in [-0.2, -0.15) is 13.2 Å². The second-order valence-corrected chi connectivity index (χ2v) is 14.6. The fourth-order valence-corrected chi connectivity index (χ4v) is 6.13. The number of alkyl halides is 3. The molecule has 0 N–H and O–H groups in total. The van der Waals surface area contributed by atoms with Gasteiger partial charge in [0.1, 0.15) is 0 Å². The Labute approximate surface area is 328 Å².